The molecule has 2 atom stereocenters. The number of fused-ring (bicyclic) bond motifs is 2. The highest BCUT2D eigenvalue weighted by Gasteiger charge is 2.50. The van der Waals surface area contributed by atoms with Gasteiger partial charge in [0.1, 0.15) is 12.0 Å². The van der Waals surface area contributed by atoms with Gasteiger partial charge in [0.2, 0.25) is 0 Å². The van der Waals surface area contributed by atoms with Gasteiger partial charge in [-0.1, -0.05) is 38.5 Å². The molecule has 1 aromatic heterocycles. The quantitative estimate of drug-likeness (QED) is 0.687. The number of carbonyl (C=O) groups is 1. The summed E-state index contributed by atoms with van der Waals surface area (Å²) in [6.07, 6.45) is 4.99. The first kappa shape index (κ1) is 19.5. The Labute approximate surface area is 172 Å². The number of aromatic nitrogens is 2. The number of nitrogens with one attached hydrogen (secondary N) is 2. The number of nitrogens with zero attached hydrogens (tertiary/aromatic N) is 3. The van der Waals surface area contributed by atoms with Crippen molar-refractivity contribution >= 4 is 23.2 Å². The van der Waals surface area contributed by atoms with E-state index in [0.717, 1.165) is 30.8 Å². The summed E-state index contributed by atoms with van der Waals surface area (Å²) in [5.74, 6) is 0.927. The highest BCUT2D eigenvalue weighted by atomic mass is 16.2. The molecule has 154 valence electrons. The van der Waals surface area contributed by atoms with Crippen LogP contribution in [0, 0.1) is 17.8 Å². The van der Waals surface area contributed by atoms with Crippen molar-refractivity contribution in [3.8, 4) is 0 Å². The van der Waals surface area contributed by atoms with E-state index < -0.39 is 0 Å². The van der Waals surface area contributed by atoms with Gasteiger partial charge in [0.25, 0.3) is 5.91 Å². The van der Waals surface area contributed by atoms with Crippen LogP contribution >= 0.6 is 0 Å². The molecular weight excluding hydrogens is 364 g/mol. The summed E-state index contributed by atoms with van der Waals surface area (Å²) in [7, 11) is 0. The number of hydrogen-bond acceptors (Lipinski definition) is 6. The summed E-state index contributed by atoms with van der Waals surface area (Å²) < 4.78 is 0. The Morgan fingerprint density at radius 2 is 1.90 bits per heavy atom. The fraction of sp³-hybridized carbons (Fsp3) is 0.500. The molecule has 1 aliphatic carbocycles. The van der Waals surface area contributed by atoms with Gasteiger partial charge in [-0.15, -0.1) is 0 Å². The van der Waals surface area contributed by atoms with Crippen molar-refractivity contribution < 1.29 is 4.79 Å². The van der Waals surface area contributed by atoms with E-state index in [4.69, 9.17) is 5.73 Å². The topological polar surface area (TPSA) is 96.2 Å². The summed E-state index contributed by atoms with van der Waals surface area (Å²) in [6.45, 7) is 9.98. The standard InChI is InChI=1S/C22H30N6O/c1-14-5-7-15(8-6-14)20(29)27-26-18-17(23)19(25-13-24-18)28-12-22(4)10-16(28)9-21(2,3)11-22/h5-8,13,16H,9-12,23H2,1-4H3,(H,27,29)(H,24,25,26). The van der Waals surface area contributed by atoms with Crippen molar-refractivity contribution in [2.24, 2.45) is 10.8 Å². The Balaban J connectivity index is 1.51. The molecule has 0 radical (unpaired) electrons. The number of rotatable bonds is 4. The Kier molecular flexibility index (Phi) is 4.63. The van der Waals surface area contributed by atoms with Gasteiger partial charge in [-0.2, -0.15) is 0 Å². The molecule has 4 N–H and O–H groups in total. The van der Waals surface area contributed by atoms with Gasteiger partial charge < -0.3 is 10.6 Å². The van der Waals surface area contributed by atoms with Gasteiger partial charge in [0, 0.05) is 18.2 Å². The minimum atomic E-state index is -0.240. The van der Waals surface area contributed by atoms with Crippen LogP contribution < -0.4 is 21.5 Å². The van der Waals surface area contributed by atoms with Crippen molar-refractivity contribution in [2.75, 3.05) is 22.6 Å². The fourth-order valence-electron chi connectivity index (χ4n) is 5.32. The average Bonchev–Trinajstić information content (AvgIpc) is 2.89. The Morgan fingerprint density at radius 1 is 1.17 bits per heavy atom. The molecular formula is C22H30N6O. The minimum Gasteiger partial charge on any atom is -0.393 e. The molecule has 1 saturated heterocycles. The molecule has 7 nitrogen and oxygen atoms in total. The Morgan fingerprint density at radius 3 is 2.62 bits per heavy atom. The summed E-state index contributed by atoms with van der Waals surface area (Å²) >= 11 is 0. The Hall–Kier alpha value is -2.83. The second kappa shape index (κ2) is 6.90. The van der Waals surface area contributed by atoms with Crippen molar-refractivity contribution in [3.63, 3.8) is 0 Å². The molecule has 1 saturated carbocycles. The second-order valence-corrected chi connectivity index (χ2v) is 9.75. The van der Waals surface area contributed by atoms with Crippen LogP contribution in [0.15, 0.2) is 30.6 Å². The van der Waals surface area contributed by atoms with Crippen molar-refractivity contribution in [1.82, 2.24) is 15.4 Å². The second-order valence-electron chi connectivity index (χ2n) is 9.75. The van der Waals surface area contributed by atoms with E-state index in [1.54, 1.807) is 12.1 Å². The zero-order chi connectivity index (χ0) is 20.8. The van der Waals surface area contributed by atoms with Crippen LogP contribution in [0.4, 0.5) is 17.3 Å². The number of nitrogens with two attached hydrogens (primary N) is 1. The molecule has 1 amide bonds. The smallest absolute Gasteiger partial charge is 0.269 e. The van der Waals surface area contributed by atoms with Crippen molar-refractivity contribution in [2.45, 2.75) is 53.0 Å². The SMILES string of the molecule is Cc1ccc(C(=O)NNc2ncnc(N3CC4(C)CC3CC(C)(C)C4)c2N)cc1. The number of carbonyl (C=O) groups excluding carboxylic acids is 1. The lowest BCUT2D eigenvalue weighted by Gasteiger charge is -2.39. The maximum atomic E-state index is 12.4. The van der Waals surface area contributed by atoms with E-state index in [0.29, 0.717) is 28.5 Å². The summed E-state index contributed by atoms with van der Waals surface area (Å²) in [5.41, 5.74) is 14.7. The van der Waals surface area contributed by atoms with Gasteiger partial charge in [0.05, 0.1) is 0 Å². The monoisotopic (exact) mass is 394 g/mol. The lowest BCUT2D eigenvalue weighted by Crippen LogP contribution is -2.35. The predicted octanol–water partition coefficient (Wildman–Crippen LogP) is 3.53. The van der Waals surface area contributed by atoms with E-state index in [1.165, 1.54) is 12.7 Å². The highest BCUT2D eigenvalue weighted by Crippen LogP contribution is 2.53. The number of benzene rings is 1. The summed E-state index contributed by atoms with van der Waals surface area (Å²) in [4.78, 5) is 23.4. The van der Waals surface area contributed by atoms with Crippen LogP contribution in [0.3, 0.4) is 0 Å². The average molecular weight is 395 g/mol. The third-order valence-corrected chi connectivity index (χ3v) is 6.16. The van der Waals surface area contributed by atoms with Crippen LogP contribution in [-0.2, 0) is 0 Å². The van der Waals surface area contributed by atoms with Gasteiger partial charge >= 0.3 is 0 Å². The van der Waals surface area contributed by atoms with Crippen LogP contribution in [0.2, 0.25) is 0 Å². The number of amides is 1. The number of nitrogen functional groups attached to an aromatic ring is 1. The largest absolute Gasteiger partial charge is 0.393 e. The molecule has 2 bridgehead atoms. The molecule has 1 aromatic carbocycles. The predicted molar refractivity (Wildman–Crippen MR) is 116 cm³/mol. The number of anilines is 3. The zero-order valence-electron chi connectivity index (χ0n) is 17.6. The first-order valence-electron chi connectivity index (χ1n) is 10.2. The van der Waals surface area contributed by atoms with Gasteiger partial charge in [0.15, 0.2) is 11.6 Å². The molecule has 2 unspecified atom stereocenters. The third-order valence-electron chi connectivity index (χ3n) is 6.16. The molecule has 0 spiro atoms. The maximum absolute atomic E-state index is 12.4. The molecule has 1 aliphatic heterocycles. The number of hydrogen-bond donors (Lipinski definition) is 3. The Bertz CT molecular complexity index is 925. The lowest BCUT2D eigenvalue weighted by atomic mass is 9.65. The zero-order valence-corrected chi connectivity index (χ0v) is 17.6. The fourth-order valence-corrected chi connectivity index (χ4v) is 5.32. The normalized spacial score (nSPS) is 25.0. The first-order chi connectivity index (χ1) is 13.7. The lowest BCUT2D eigenvalue weighted by molar-refractivity contribution is 0.0962. The van der Waals surface area contributed by atoms with E-state index in [-0.39, 0.29) is 11.3 Å². The van der Waals surface area contributed by atoms with Crippen molar-refractivity contribution in [1.29, 1.82) is 0 Å². The summed E-state index contributed by atoms with van der Waals surface area (Å²) in [6, 6.07) is 7.80. The molecule has 2 heterocycles. The van der Waals surface area contributed by atoms with Crippen LogP contribution in [-0.4, -0.2) is 28.5 Å². The van der Waals surface area contributed by atoms with E-state index >= 15 is 0 Å². The molecule has 29 heavy (non-hydrogen) atoms. The van der Waals surface area contributed by atoms with E-state index in [9.17, 15) is 4.79 Å². The van der Waals surface area contributed by atoms with Crippen LogP contribution in [0.25, 0.3) is 0 Å². The molecule has 2 fully saturated rings. The van der Waals surface area contributed by atoms with Gasteiger partial charge in [-0.25, -0.2) is 9.97 Å². The molecule has 2 aliphatic rings. The van der Waals surface area contributed by atoms with E-state index in [2.05, 4.69) is 46.5 Å². The molecule has 7 heteroatoms. The van der Waals surface area contributed by atoms with Gasteiger partial charge in [-0.3, -0.25) is 15.6 Å². The van der Waals surface area contributed by atoms with Crippen molar-refractivity contribution in [3.05, 3.63) is 41.7 Å². The minimum absolute atomic E-state index is 0.240. The molecule has 4 rings (SSSR count). The third kappa shape index (κ3) is 3.86. The number of aryl methyl sites for hydroxylation is 1. The maximum Gasteiger partial charge on any atom is 0.269 e. The van der Waals surface area contributed by atoms with Crippen LogP contribution in [0.5, 0.6) is 0 Å². The van der Waals surface area contributed by atoms with Gasteiger partial charge in [-0.05, 0) is 49.1 Å². The molecule has 2 aromatic rings. The van der Waals surface area contributed by atoms with Crippen LogP contribution in [0.1, 0.15) is 56.0 Å². The summed E-state index contributed by atoms with van der Waals surface area (Å²) in [5, 5.41) is 0. The number of hydrazine groups is 1. The highest BCUT2D eigenvalue weighted by molar-refractivity contribution is 5.95. The van der Waals surface area contributed by atoms with E-state index in [1.807, 2.05) is 19.1 Å². The first-order valence-corrected chi connectivity index (χ1v) is 10.2.